The third kappa shape index (κ3) is 5.24. The maximum atomic E-state index is 12.7. The van der Waals surface area contributed by atoms with Crippen LogP contribution in [0.25, 0.3) is 0 Å². The van der Waals surface area contributed by atoms with E-state index in [0.717, 1.165) is 26.0 Å². The molecule has 0 radical (unpaired) electrons. The molecule has 0 saturated heterocycles. The van der Waals surface area contributed by atoms with Crippen molar-refractivity contribution in [3.63, 3.8) is 0 Å². The minimum atomic E-state index is -0.166. The summed E-state index contributed by atoms with van der Waals surface area (Å²) in [4.78, 5) is 0. The molecular formula is C13H21FNO+. The largest absolute Gasteiger partial charge is 0.384 e. The summed E-state index contributed by atoms with van der Waals surface area (Å²) in [6.45, 7) is 4.09. The standard InChI is InChI=1S/C13H20FNO/c1-11(15-8-3-9-16-2)10-12-4-6-13(14)7-5-12/h4-7,11,15H,3,8-10H2,1-2H3/p+1/t11-/m1/s1. The second-order valence-corrected chi connectivity index (χ2v) is 4.18. The predicted octanol–water partition coefficient (Wildman–Crippen LogP) is 1.36. The van der Waals surface area contributed by atoms with Crippen LogP contribution in [0.4, 0.5) is 4.39 Å². The average Bonchev–Trinajstić information content (AvgIpc) is 2.28. The summed E-state index contributed by atoms with van der Waals surface area (Å²) < 4.78 is 17.7. The Labute approximate surface area is 96.8 Å². The fourth-order valence-electron chi connectivity index (χ4n) is 1.71. The molecule has 0 aromatic heterocycles. The normalized spacial score (nSPS) is 12.7. The molecule has 1 aromatic rings. The lowest BCUT2D eigenvalue weighted by atomic mass is 10.1. The Morgan fingerprint density at radius 3 is 2.62 bits per heavy atom. The van der Waals surface area contributed by atoms with Gasteiger partial charge in [0.2, 0.25) is 0 Å². The van der Waals surface area contributed by atoms with Gasteiger partial charge < -0.3 is 10.1 Å². The smallest absolute Gasteiger partial charge is 0.123 e. The van der Waals surface area contributed by atoms with Crippen molar-refractivity contribution in [1.82, 2.24) is 0 Å². The molecule has 0 spiro atoms. The van der Waals surface area contributed by atoms with Crippen LogP contribution in [0, 0.1) is 5.82 Å². The van der Waals surface area contributed by atoms with E-state index in [9.17, 15) is 4.39 Å². The van der Waals surface area contributed by atoms with Crippen LogP contribution in [0.1, 0.15) is 18.9 Å². The molecule has 1 atom stereocenters. The third-order valence-electron chi connectivity index (χ3n) is 2.59. The molecule has 2 nitrogen and oxygen atoms in total. The minimum absolute atomic E-state index is 0.166. The molecule has 0 bridgehead atoms. The van der Waals surface area contributed by atoms with E-state index in [-0.39, 0.29) is 5.82 Å². The number of nitrogens with two attached hydrogens (primary N) is 1. The van der Waals surface area contributed by atoms with E-state index in [2.05, 4.69) is 12.2 Å². The monoisotopic (exact) mass is 226 g/mol. The van der Waals surface area contributed by atoms with Gasteiger partial charge in [-0.05, 0) is 24.6 Å². The molecule has 90 valence electrons. The van der Waals surface area contributed by atoms with Crippen molar-refractivity contribution in [2.45, 2.75) is 25.8 Å². The highest BCUT2D eigenvalue weighted by atomic mass is 19.1. The van der Waals surface area contributed by atoms with Gasteiger partial charge >= 0.3 is 0 Å². The van der Waals surface area contributed by atoms with E-state index in [1.165, 1.54) is 17.7 Å². The van der Waals surface area contributed by atoms with E-state index >= 15 is 0 Å². The minimum Gasteiger partial charge on any atom is -0.384 e. The second-order valence-electron chi connectivity index (χ2n) is 4.18. The van der Waals surface area contributed by atoms with Crippen LogP contribution in [-0.2, 0) is 11.2 Å². The molecule has 0 unspecified atom stereocenters. The van der Waals surface area contributed by atoms with Crippen molar-refractivity contribution in [2.75, 3.05) is 20.3 Å². The zero-order valence-electron chi connectivity index (χ0n) is 10.1. The van der Waals surface area contributed by atoms with Gasteiger partial charge in [0.15, 0.2) is 0 Å². The van der Waals surface area contributed by atoms with Crippen molar-refractivity contribution < 1.29 is 14.4 Å². The number of methoxy groups -OCH3 is 1. The van der Waals surface area contributed by atoms with Crippen LogP contribution in [-0.4, -0.2) is 26.3 Å². The fraction of sp³-hybridized carbons (Fsp3) is 0.538. The van der Waals surface area contributed by atoms with E-state index in [1.54, 1.807) is 7.11 Å². The summed E-state index contributed by atoms with van der Waals surface area (Å²) in [5.41, 5.74) is 1.19. The first-order chi connectivity index (χ1) is 7.72. The SMILES string of the molecule is COCCC[NH2+][C@H](C)Cc1ccc(F)cc1. The van der Waals surface area contributed by atoms with Crippen LogP contribution in [0.3, 0.4) is 0 Å². The van der Waals surface area contributed by atoms with Gasteiger partial charge in [0.25, 0.3) is 0 Å². The first kappa shape index (κ1) is 13.1. The fourth-order valence-corrected chi connectivity index (χ4v) is 1.71. The summed E-state index contributed by atoms with van der Waals surface area (Å²) >= 11 is 0. The molecule has 0 amide bonds. The van der Waals surface area contributed by atoms with Crippen molar-refractivity contribution in [3.8, 4) is 0 Å². The van der Waals surface area contributed by atoms with Gasteiger partial charge in [0.1, 0.15) is 5.82 Å². The highest BCUT2D eigenvalue weighted by Crippen LogP contribution is 2.04. The molecular weight excluding hydrogens is 205 g/mol. The van der Waals surface area contributed by atoms with Crippen LogP contribution >= 0.6 is 0 Å². The molecule has 0 fully saturated rings. The number of ether oxygens (including phenoxy) is 1. The molecule has 3 heteroatoms. The number of rotatable bonds is 7. The summed E-state index contributed by atoms with van der Waals surface area (Å²) in [6, 6.07) is 7.28. The van der Waals surface area contributed by atoms with Crippen molar-refractivity contribution in [3.05, 3.63) is 35.6 Å². The Morgan fingerprint density at radius 1 is 1.31 bits per heavy atom. The summed E-state index contributed by atoms with van der Waals surface area (Å²) in [5, 5.41) is 2.31. The first-order valence-electron chi connectivity index (χ1n) is 5.79. The van der Waals surface area contributed by atoms with Crippen molar-refractivity contribution in [1.29, 1.82) is 0 Å². The van der Waals surface area contributed by atoms with E-state index in [1.807, 2.05) is 12.1 Å². The lowest BCUT2D eigenvalue weighted by Crippen LogP contribution is -2.89. The number of benzene rings is 1. The van der Waals surface area contributed by atoms with Crippen molar-refractivity contribution >= 4 is 0 Å². The summed E-state index contributed by atoms with van der Waals surface area (Å²) in [5.74, 6) is -0.166. The van der Waals surface area contributed by atoms with Crippen LogP contribution in [0.15, 0.2) is 24.3 Å². The lowest BCUT2D eigenvalue weighted by Gasteiger charge is -2.10. The zero-order valence-corrected chi connectivity index (χ0v) is 10.1. The van der Waals surface area contributed by atoms with E-state index < -0.39 is 0 Å². The highest BCUT2D eigenvalue weighted by molar-refractivity contribution is 5.16. The molecule has 0 aliphatic carbocycles. The van der Waals surface area contributed by atoms with Gasteiger partial charge in [-0.1, -0.05) is 12.1 Å². The molecule has 1 rings (SSSR count). The number of hydrogen-bond acceptors (Lipinski definition) is 1. The lowest BCUT2D eigenvalue weighted by molar-refractivity contribution is -0.686. The Bertz CT molecular complexity index is 286. The first-order valence-corrected chi connectivity index (χ1v) is 5.79. The van der Waals surface area contributed by atoms with Crippen LogP contribution < -0.4 is 5.32 Å². The predicted molar refractivity (Wildman–Crippen MR) is 62.9 cm³/mol. The van der Waals surface area contributed by atoms with E-state index in [0.29, 0.717) is 6.04 Å². The topological polar surface area (TPSA) is 25.8 Å². The molecule has 0 heterocycles. The third-order valence-corrected chi connectivity index (χ3v) is 2.59. The van der Waals surface area contributed by atoms with Gasteiger partial charge in [0.05, 0.1) is 19.2 Å². The molecule has 1 aromatic carbocycles. The van der Waals surface area contributed by atoms with Crippen molar-refractivity contribution in [2.24, 2.45) is 0 Å². The Balaban J connectivity index is 2.23. The van der Waals surface area contributed by atoms with Gasteiger partial charge in [0, 0.05) is 20.0 Å². The maximum Gasteiger partial charge on any atom is 0.123 e. The molecule has 2 N–H and O–H groups in total. The Hall–Kier alpha value is -0.930. The average molecular weight is 226 g/mol. The maximum absolute atomic E-state index is 12.7. The van der Waals surface area contributed by atoms with Crippen LogP contribution in [0.5, 0.6) is 0 Å². The molecule has 0 aliphatic heterocycles. The second kappa shape index (κ2) is 7.36. The van der Waals surface area contributed by atoms with Gasteiger partial charge in [-0.2, -0.15) is 0 Å². The highest BCUT2D eigenvalue weighted by Gasteiger charge is 2.05. The quantitative estimate of drug-likeness (QED) is 0.698. The number of hydrogen-bond donors (Lipinski definition) is 1. The molecule has 16 heavy (non-hydrogen) atoms. The van der Waals surface area contributed by atoms with Gasteiger partial charge in [-0.3, -0.25) is 0 Å². The van der Waals surface area contributed by atoms with E-state index in [4.69, 9.17) is 4.74 Å². The Morgan fingerprint density at radius 2 is 2.00 bits per heavy atom. The summed E-state index contributed by atoms with van der Waals surface area (Å²) in [6.07, 6.45) is 2.05. The molecule has 0 aliphatic rings. The summed E-state index contributed by atoms with van der Waals surface area (Å²) in [7, 11) is 1.72. The Kier molecular flexibility index (Phi) is 6.04. The number of quaternary nitrogens is 1. The van der Waals surface area contributed by atoms with Crippen LogP contribution in [0.2, 0.25) is 0 Å². The number of halogens is 1. The van der Waals surface area contributed by atoms with Gasteiger partial charge in [-0.25, -0.2) is 4.39 Å². The molecule has 0 saturated carbocycles. The zero-order chi connectivity index (χ0) is 11.8. The van der Waals surface area contributed by atoms with Gasteiger partial charge in [-0.15, -0.1) is 0 Å².